The Kier molecular flexibility index (Phi) is 3.62. The maximum atomic E-state index is 12.0. The molecule has 0 atom stereocenters. The molecule has 1 heterocycles. The van der Waals surface area contributed by atoms with Crippen molar-refractivity contribution < 1.29 is 9.72 Å². The van der Waals surface area contributed by atoms with E-state index in [1.165, 1.54) is 29.1 Å². The minimum Gasteiger partial charge on any atom is -0.319 e. The van der Waals surface area contributed by atoms with Gasteiger partial charge in [-0.3, -0.25) is 25.4 Å². The Morgan fingerprint density at radius 2 is 2.25 bits per heavy atom. The number of amides is 1. The predicted octanol–water partition coefficient (Wildman–Crippen LogP) is 0.866. The molecule has 0 radical (unpaired) electrons. The summed E-state index contributed by atoms with van der Waals surface area (Å²) in [5.74, 6) is 4.80. The highest BCUT2D eigenvalue weighted by atomic mass is 16.6. The molecule has 0 unspecified atom stereocenters. The molecule has 4 N–H and O–H groups in total. The number of hydrogen-bond acceptors (Lipinski definition) is 6. The number of nitro groups is 1. The zero-order valence-electron chi connectivity index (χ0n) is 10.5. The summed E-state index contributed by atoms with van der Waals surface area (Å²) in [6.07, 6.45) is 3.12. The molecule has 1 aromatic heterocycles. The summed E-state index contributed by atoms with van der Waals surface area (Å²) in [4.78, 5) is 22.2. The normalized spacial score (nSPS) is 10.1. The molecule has 0 saturated carbocycles. The first kappa shape index (κ1) is 13.5. The van der Waals surface area contributed by atoms with Gasteiger partial charge in [0.05, 0.1) is 16.8 Å². The number of anilines is 2. The number of aryl methyl sites for hydroxylation is 1. The Bertz CT molecular complexity index is 666. The lowest BCUT2D eigenvalue weighted by molar-refractivity contribution is -0.384. The van der Waals surface area contributed by atoms with E-state index in [2.05, 4.69) is 15.8 Å². The van der Waals surface area contributed by atoms with Gasteiger partial charge in [-0.1, -0.05) is 0 Å². The fraction of sp³-hybridized carbons (Fsp3) is 0.0909. The van der Waals surface area contributed by atoms with Gasteiger partial charge in [0.15, 0.2) is 0 Å². The van der Waals surface area contributed by atoms with Crippen LogP contribution in [-0.2, 0) is 7.05 Å². The van der Waals surface area contributed by atoms with Crippen molar-refractivity contribution in [2.75, 3.05) is 10.7 Å². The highest BCUT2D eigenvalue weighted by molar-refractivity contribution is 6.05. The number of nitrogen functional groups attached to an aromatic ring is 1. The molecule has 0 aliphatic rings. The number of nitro benzene ring substituents is 1. The van der Waals surface area contributed by atoms with E-state index in [-0.39, 0.29) is 16.9 Å². The summed E-state index contributed by atoms with van der Waals surface area (Å²) in [6, 6.07) is 3.88. The van der Waals surface area contributed by atoms with Gasteiger partial charge in [-0.2, -0.15) is 5.10 Å². The summed E-state index contributed by atoms with van der Waals surface area (Å²) in [6.45, 7) is 0. The van der Waals surface area contributed by atoms with E-state index in [1.807, 2.05) is 0 Å². The van der Waals surface area contributed by atoms with E-state index < -0.39 is 10.8 Å². The van der Waals surface area contributed by atoms with Crippen LogP contribution < -0.4 is 16.6 Å². The first-order valence-electron chi connectivity index (χ1n) is 5.56. The van der Waals surface area contributed by atoms with Crippen LogP contribution in [0.5, 0.6) is 0 Å². The van der Waals surface area contributed by atoms with E-state index in [0.29, 0.717) is 5.69 Å². The molecular formula is C11H12N6O3. The third-order valence-corrected chi connectivity index (χ3v) is 2.57. The SMILES string of the molecule is Cn1cc(NC(=O)c2ccc([N+](=O)[O-])c(NN)c2)cn1. The molecule has 0 spiro atoms. The number of aromatic nitrogens is 2. The second-order valence-corrected chi connectivity index (χ2v) is 3.99. The van der Waals surface area contributed by atoms with Crippen LogP contribution >= 0.6 is 0 Å². The number of nitrogens with zero attached hydrogens (tertiary/aromatic N) is 3. The number of hydrogen-bond donors (Lipinski definition) is 3. The maximum absolute atomic E-state index is 12.0. The average molecular weight is 276 g/mol. The van der Waals surface area contributed by atoms with Crippen LogP contribution in [0.25, 0.3) is 0 Å². The number of nitrogens with one attached hydrogen (secondary N) is 2. The van der Waals surface area contributed by atoms with Crippen LogP contribution in [0, 0.1) is 10.1 Å². The van der Waals surface area contributed by atoms with Crippen molar-refractivity contribution in [2.45, 2.75) is 0 Å². The van der Waals surface area contributed by atoms with Gasteiger partial charge in [-0.05, 0) is 12.1 Å². The van der Waals surface area contributed by atoms with Gasteiger partial charge in [0, 0.05) is 24.9 Å². The number of rotatable bonds is 4. The number of nitrogens with two attached hydrogens (primary N) is 1. The monoisotopic (exact) mass is 276 g/mol. The Morgan fingerprint density at radius 3 is 2.80 bits per heavy atom. The molecule has 2 rings (SSSR count). The summed E-state index contributed by atoms with van der Waals surface area (Å²) >= 11 is 0. The highest BCUT2D eigenvalue weighted by Crippen LogP contribution is 2.24. The fourth-order valence-electron chi connectivity index (χ4n) is 1.64. The standard InChI is InChI=1S/C11H12N6O3/c1-16-6-8(5-13-16)14-11(18)7-2-3-10(17(19)20)9(4-7)15-12/h2-6,15H,12H2,1H3,(H,14,18). The molecule has 0 aliphatic heterocycles. The highest BCUT2D eigenvalue weighted by Gasteiger charge is 2.16. The van der Waals surface area contributed by atoms with Crippen LogP contribution in [0.1, 0.15) is 10.4 Å². The molecule has 104 valence electrons. The zero-order chi connectivity index (χ0) is 14.7. The Labute approximate surface area is 113 Å². The fourth-order valence-corrected chi connectivity index (χ4v) is 1.64. The molecule has 0 saturated heterocycles. The lowest BCUT2D eigenvalue weighted by atomic mass is 10.1. The van der Waals surface area contributed by atoms with E-state index >= 15 is 0 Å². The molecular weight excluding hydrogens is 264 g/mol. The number of carbonyl (C=O) groups excluding carboxylic acids is 1. The third-order valence-electron chi connectivity index (χ3n) is 2.57. The minimum absolute atomic E-state index is 0.0637. The largest absolute Gasteiger partial charge is 0.319 e. The van der Waals surface area contributed by atoms with Gasteiger partial charge < -0.3 is 10.7 Å². The van der Waals surface area contributed by atoms with Crippen molar-refractivity contribution >= 4 is 23.0 Å². The maximum Gasteiger partial charge on any atom is 0.293 e. The molecule has 20 heavy (non-hydrogen) atoms. The van der Waals surface area contributed by atoms with Gasteiger partial charge in [0.2, 0.25) is 0 Å². The second kappa shape index (κ2) is 5.36. The van der Waals surface area contributed by atoms with Gasteiger partial charge >= 0.3 is 0 Å². The van der Waals surface area contributed by atoms with Gasteiger partial charge in [0.1, 0.15) is 5.69 Å². The summed E-state index contributed by atoms with van der Waals surface area (Å²) in [5.41, 5.74) is 2.83. The molecule has 0 bridgehead atoms. The van der Waals surface area contributed by atoms with E-state index in [1.54, 1.807) is 13.2 Å². The molecule has 0 aliphatic carbocycles. The molecule has 9 nitrogen and oxygen atoms in total. The van der Waals surface area contributed by atoms with Crippen molar-refractivity contribution in [3.63, 3.8) is 0 Å². The van der Waals surface area contributed by atoms with Crippen LogP contribution in [0.2, 0.25) is 0 Å². The molecule has 9 heteroatoms. The van der Waals surface area contributed by atoms with E-state index in [4.69, 9.17) is 5.84 Å². The summed E-state index contributed by atoms with van der Waals surface area (Å²) < 4.78 is 1.54. The van der Waals surface area contributed by atoms with Crippen LogP contribution in [0.4, 0.5) is 17.1 Å². The van der Waals surface area contributed by atoms with Crippen LogP contribution in [0.3, 0.4) is 0 Å². The van der Waals surface area contributed by atoms with Crippen molar-refractivity contribution in [3.05, 3.63) is 46.3 Å². The smallest absolute Gasteiger partial charge is 0.293 e. The van der Waals surface area contributed by atoms with Crippen molar-refractivity contribution in [3.8, 4) is 0 Å². The Morgan fingerprint density at radius 1 is 1.50 bits per heavy atom. The van der Waals surface area contributed by atoms with Gasteiger partial charge in [-0.15, -0.1) is 0 Å². The average Bonchev–Trinajstić information content (AvgIpc) is 2.83. The number of carbonyl (C=O) groups is 1. The minimum atomic E-state index is -0.585. The first-order chi connectivity index (χ1) is 9.51. The van der Waals surface area contributed by atoms with E-state index in [9.17, 15) is 14.9 Å². The molecule has 1 amide bonds. The first-order valence-corrected chi connectivity index (χ1v) is 5.56. The summed E-state index contributed by atoms with van der Waals surface area (Å²) in [7, 11) is 1.72. The summed E-state index contributed by atoms with van der Waals surface area (Å²) in [5, 5.41) is 17.3. The lowest BCUT2D eigenvalue weighted by Crippen LogP contribution is -2.14. The topological polar surface area (TPSA) is 128 Å². The third kappa shape index (κ3) is 2.72. The van der Waals surface area contributed by atoms with Crippen molar-refractivity contribution in [2.24, 2.45) is 12.9 Å². The van der Waals surface area contributed by atoms with E-state index in [0.717, 1.165) is 0 Å². The predicted molar refractivity (Wildman–Crippen MR) is 72.1 cm³/mol. The molecule has 0 fully saturated rings. The van der Waals surface area contributed by atoms with Gasteiger partial charge in [-0.25, -0.2) is 0 Å². The molecule has 1 aromatic carbocycles. The number of benzene rings is 1. The van der Waals surface area contributed by atoms with Crippen LogP contribution in [0.15, 0.2) is 30.6 Å². The van der Waals surface area contributed by atoms with Crippen LogP contribution in [-0.4, -0.2) is 20.6 Å². The van der Waals surface area contributed by atoms with Crippen molar-refractivity contribution in [1.82, 2.24) is 9.78 Å². The molecule has 2 aromatic rings. The second-order valence-electron chi connectivity index (χ2n) is 3.99. The van der Waals surface area contributed by atoms with Gasteiger partial charge in [0.25, 0.3) is 11.6 Å². The number of hydrazine groups is 1. The zero-order valence-corrected chi connectivity index (χ0v) is 10.5. The lowest BCUT2D eigenvalue weighted by Gasteiger charge is -2.06. The van der Waals surface area contributed by atoms with Crippen molar-refractivity contribution in [1.29, 1.82) is 0 Å². The Balaban J connectivity index is 2.24. The Hall–Kier alpha value is -2.94. The quantitative estimate of drug-likeness (QED) is 0.431.